The number of carbonyl (C=O) groups is 4. The van der Waals surface area contributed by atoms with Gasteiger partial charge in [-0.3, -0.25) is 19.2 Å². The van der Waals surface area contributed by atoms with Gasteiger partial charge in [-0.2, -0.15) is 0 Å². The quantitative estimate of drug-likeness (QED) is 0.755. The molecule has 4 rings (SSSR count). The summed E-state index contributed by atoms with van der Waals surface area (Å²) in [7, 11) is 0. The molecule has 0 spiro atoms. The SMILES string of the molecule is CC(=O)Nc1ccc(N2C(=O)CC(N(C(=O)C3C(C)(C)C3(C)C)C3CC3)C2=O)cc1. The third-order valence-corrected chi connectivity index (χ3v) is 7.37. The number of nitrogens with one attached hydrogen (secondary N) is 1. The Labute approximate surface area is 176 Å². The van der Waals surface area contributed by atoms with Gasteiger partial charge in [0.2, 0.25) is 17.7 Å². The number of amides is 4. The van der Waals surface area contributed by atoms with Crippen LogP contribution in [0.5, 0.6) is 0 Å². The summed E-state index contributed by atoms with van der Waals surface area (Å²) >= 11 is 0. The van der Waals surface area contributed by atoms with E-state index >= 15 is 0 Å². The Hall–Kier alpha value is -2.70. The van der Waals surface area contributed by atoms with Crippen LogP contribution in [0.25, 0.3) is 0 Å². The fourth-order valence-electron chi connectivity index (χ4n) is 4.91. The first-order valence-corrected chi connectivity index (χ1v) is 10.5. The van der Waals surface area contributed by atoms with Gasteiger partial charge in [0.05, 0.1) is 12.1 Å². The van der Waals surface area contributed by atoms with E-state index in [1.165, 1.54) is 11.8 Å². The molecule has 1 aliphatic heterocycles. The molecular weight excluding hydrogens is 382 g/mol. The third-order valence-electron chi connectivity index (χ3n) is 7.37. The normalized spacial score (nSPS) is 24.7. The molecule has 1 aromatic carbocycles. The first-order valence-electron chi connectivity index (χ1n) is 10.5. The van der Waals surface area contributed by atoms with Gasteiger partial charge in [-0.15, -0.1) is 0 Å². The molecular formula is C23H29N3O4. The molecule has 1 unspecified atom stereocenters. The molecule has 7 nitrogen and oxygen atoms in total. The first kappa shape index (κ1) is 20.6. The number of benzene rings is 1. The molecule has 1 heterocycles. The van der Waals surface area contributed by atoms with Gasteiger partial charge in [0.25, 0.3) is 5.91 Å². The second-order valence-corrected chi connectivity index (χ2v) is 9.87. The summed E-state index contributed by atoms with van der Waals surface area (Å²) in [5.74, 6) is -0.976. The van der Waals surface area contributed by atoms with Crippen LogP contribution in [0.4, 0.5) is 11.4 Å². The summed E-state index contributed by atoms with van der Waals surface area (Å²) in [6.07, 6.45) is 1.77. The fourth-order valence-corrected chi connectivity index (χ4v) is 4.91. The number of hydrogen-bond acceptors (Lipinski definition) is 4. The highest BCUT2D eigenvalue weighted by molar-refractivity contribution is 6.23. The van der Waals surface area contributed by atoms with Crippen LogP contribution in [0.1, 0.15) is 53.9 Å². The highest BCUT2D eigenvalue weighted by Crippen LogP contribution is 2.69. The second-order valence-electron chi connectivity index (χ2n) is 9.87. The minimum atomic E-state index is -0.736. The first-order chi connectivity index (χ1) is 14.0. The van der Waals surface area contributed by atoms with E-state index in [0.29, 0.717) is 11.4 Å². The van der Waals surface area contributed by atoms with Crippen LogP contribution in [0, 0.1) is 16.7 Å². The van der Waals surface area contributed by atoms with Crippen LogP contribution in [0.15, 0.2) is 24.3 Å². The van der Waals surface area contributed by atoms with E-state index < -0.39 is 6.04 Å². The predicted molar refractivity (Wildman–Crippen MR) is 113 cm³/mol. The van der Waals surface area contributed by atoms with Crippen LogP contribution >= 0.6 is 0 Å². The standard InChI is InChI=1S/C23H29N3O4/c1-13(27)24-14-6-8-16(9-7-14)26-18(28)12-17(20(26)29)25(15-10-11-15)21(30)19-22(2,3)23(19,4)5/h6-9,15,17,19H,10-12H2,1-5H3,(H,24,27). The molecule has 4 amide bonds. The Morgan fingerprint density at radius 3 is 2.07 bits per heavy atom. The molecule has 160 valence electrons. The smallest absolute Gasteiger partial charge is 0.257 e. The Kier molecular flexibility index (Phi) is 4.56. The van der Waals surface area contributed by atoms with Gasteiger partial charge in [0.1, 0.15) is 6.04 Å². The van der Waals surface area contributed by atoms with Crippen molar-refractivity contribution in [2.75, 3.05) is 10.2 Å². The summed E-state index contributed by atoms with van der Waals surface area (Å²) in [6, 6.07) is 5.90. The highest BCUT2D eigenvalue weighted by atomic mass is 16.2. The maximum Gasteiger partial charge on any atom is 0.257 e. The van der Waals surface area contributed by atoms with Gasteiger partial charge in [0, 0.05) is 24.6 Å². The zero-order chi connectivity index (χ0) is 22.0. The molecule has 0 bridgehead atoms. The minimum Gasteiger partial charge on any atom is -0.327 e. The van der Waals surface area contributed by atoms with E-state index in [1.807, 2.05) is 0 Å². The zero-order valence-corrected chi connectivity index (χ0v) is 18.2. The number of hydrogen-bond donors (Lipinski definition) is 1. The summed E-state index contributed by atoms with van der Waals surface area (Å²) in [5, 5.41) is 2.66. The van der Waals surface area contributed by atoms with Crippen molar-refractivity contribution < 1.29 is 19.2 Å². The molecule has 3 fully saturated rings. The molecule has 0 aromatic heterocycles. The molecule has 1 atom stereocenters. The number of anilines is 2. The second kappa shape index (κ2) is 6.65. The molecule has 7 heteroatoms. The van der Waals surface area contributed by atoms with Gasteiger partial charge in [0.15, 0.2) is 0 Å². The van der Waals surface area contributed by atoms with Gasteiger partial charge in [-0.1, -0.05) is 27.7 Å². The molecule has 2 saturated carbocycles. The predicted octanol–water partition coefficient (Wildman–Crippen LogP) is 2.95. The van der Waals surface area contributed by atoms with Gasteiger partial charge in [-0.05, 0) is 47.9 Å². The van der Waals surface area contributed by atoms with E-state index in [9.17, 15) is 19.2 Å². The minimum absolute atomic E-state index is 0.00139. The van der Waals surface area contributed by atoms with Gasteiger partial charge >= 0.3 is 0 Å². The number of imide groups is 1. The van der Waals surface area contributed by atoms with Gasteiger partial charge in [-0.25, -0.2) is 4.90 Å². The van der Waals surface area contributed by atoms with E-state index in [2.05, 4.69) is 33.0 Å². The van der Waals surface area contributed by atoms with Crippen molar-refractivity contribution in [3.8, 4) is 0 Å². The number of carbonyl (C=O) groups excluding carboxylic acids is 4. The molecule has 1 saturated heterocycles. The molecule has 30 heavy (non-hydrogen) atoms. The van der Waals surface area contributed by atoms with Crippen molar-refractivity contribution in [1.82, 2.24) is 4.90 Å². The highest BCUT2D eigenvalue weighted by Gasteiger charge is 2.70. The van der Waals surface area contributed by atoms with Crippen molar-refractivity contribution in [1.29, 1.82) is 0 Å². The monoisotopic (exact) mass is 411 g/mol. The maximum atomic E-state index is 13.5. The molecule has 1 N–H and O–H groups in total. The lowest BCUT2D eigenvalue weighted by Crippen LogP contribution is -2.48. The number of rotatable bonds is 5. The summed E-state index contributed by atoms with van der Waals surface area (Å²) in [5.41, 5.74) is 0.802. The summed E-state index contributed by atoms with van der Waals surface area (Å²) in [6.45, 7) is 9.77. The van der Waals surface area contributed by atoms with E-state index in [0.717, 1.165) is 12.8 Å². The summed E-state index contributed by atoms with van der Waals surface area (Å²) in [4.78, 5) is 53.6. The Morgan fingerprint density at radius 1 is 1.03 bits per heavy atom. The Balaban J connectivity index is 1.57. The average Bonchev–Trinajstić information content (AvgIpc) is 3.49. The molecule has 1 aromatic rings. The Bertz CT molecular complexity index is 916. The lowest BCUT2D eigenvalue weighted by molar-refractivity contribution is -0.141. The maximum absolute atomic E-state index is 13.5. The van der Waals surface area contributed by atoms with Crippen LogP contribution < -0.4 is 10.2 Å². The lowest BCUT2D eigenvalue weighted by atomic mass is 10.0. The van der Waals surface area contributed by atoms with Crippen molar-refractivity contribution in [3.05, 3.63) is 24.3 Å². The Morgan fingerprint density at radius 2 is 1.60 bits per heavy atom. The van der Waals surface area contributed by atoms with E-state index in [-0.39, 0.29) is 52.8 Å². The third kappa shape index (κ3) is 3.11. The zero-order valence-electron chi connectivity index (χ0n) is 18.2. The van der Waals surface area contributed by atoms with Crippen molar-refractivity contribution >= 4 is 35.0 Å². The van der Waals surface area contributed by atoms with Crippen LogP contribution in [-0.4, -0.2) is 40.6 Å². The largest absolute Gasteiger partial charge is 0.327 e. The number of nitrogens with zero attached hydrogens (tertiary/aromatic N) is 2. The molecule has 2 aliphatic carbocycles. The van der Waals surface area contributed by atoms with Crippen LogP contribution in [0.3, 0.4) is 0 Å². The van der Waals surface area contributed by atoms with Crippen LogP contribution in [-0.2, 0) is 19.2 Å². The molecule has 0 radical (unpaired) electrons. The summed E-state index contributed by atoms with van der Waals surface area (Å²) < 4.78 is 0. The average molecular weight is 412 g/mol. The van der Waals surface area contributed by atoms with E-state index in [4.69, 9.17) is 0 Å². The topological polar surface area (TPSA) is 86.8 Å². The van der Waals surface area contributed by atoms with Gasteiger partial charge < -0.3 is 10.2 Å². The van der Waals surface area contributed by atoms with Crippen molar-refractivity contribution in [2.24, 2.45) is 16.7 Å². The lowest BCUT2D eigenvalue weighted by Gasteiger charge is -2.28. The van der Waals surface area contributed by atoms with Crippen molar-refractivity contribution in [2.45, 2.75) is 66.0 Å². The van der Waals surface area contributed by atoms with Crippen molar-refractivity contribution in [3.63, 3.8) is 0 Å². The fraction of sp³-hybridized carbons (Fsp3) is 0.565. The van der Waals surface area contributed by atoms with Crippen LogP contribution in [0.2, 0.25) is 0 Å². The molecule has 3 aliphatic rings. The van der Waals surface area contributed by atoms with E-state index in [1.54, 1.807) is 29.2 Å².